The molecule has 0 aromatic carbocycles. The van der Waals surface area contributed by atoms with Crippen LogP contribution in [0.5, 0.6) is 0 Å². The van der Waals surface area contributed by atoms with Crippen LogP contribution in [0.1, 0.15) is 19.3 Å². The highest BCUT2D eigenvalue weighted by Gasteiger charge is 2.07. The molecule has 1 amide bonds. The zero-order valence-corrected chi connectivity index (χ0v) is 6.48. The Morgan fingerprint density at radius 1 is 1.36 bits per heavy atom. The highest BCUT2D eigenvalue weighted by molar-refractivity contribution is 7.16. The van der Waals surface area contributed by atoms with E-state index in [9.17, 15) is 9.59 Å². The van der Waals surface area contributed by atoms with E-state index in [1.165, 1.54) is 6.07 Å². The van der Waals surface area contributed by atoms with Gasteiger partial charge in [0.2, 0.25) is 0 Å². The van der Waals surface area contributed by atoms with Crippen LogP contribution in [0.25, 0.3) is 0 Å². The van der Waals surface area contributed by atoms with Crippen molar-refractivity contribution in [2.45, 2.75) is 0 Å². The van der Waals surface area contributed by atoms with Crippen LogP contribution in [-0.2, 0) is 0 Å². The lowest BCUT2D eigenvalue weighted by Crippen LogP contribution is -2.08. The molecule has 1 heterocycles. The number of carbonyl (C=O) groups excluding carboxylic acids is 2. The van der Waals surface area contributed by atoms with E-state index in [1.54, 1.807) is 6.07 Å². The molecule has 1 rings (SSSR count). The van der Waals surface area contributed by atoms with Crippen molar-refractivity contribution in [2.24, 2.45) is 5.73 Å². The van der Waals surface area contributed by atoms with E-state index in [0.29, 0.717) is 9.75 Å². The SMILES string of the molecule is [CH2]C(=O)c1ccc(C(N)=O)s1. The number of nitrogens with two attached hydrogens (primary N) is 1. The predicted octanol–water partition coefficient (Wildman–Crippen LogP) is 0.864. The van der Waals surface area contributed by atoms with E-state index < -0.39 is 5.91 Å². The lowest BCUT2D eigenvalue weighted by atomic mass is 10.3. The van der Waals surface area contributed by atoms with Crippen molar-refractivity contribution in [3.8, 4) is 0 Å². The monoisotopic (exact) mass is 168 g/mol. The maximum Gasteiger partial charge on any atom is 0.258 e. The minimum atomic E-state index is -0.512. The molecule has 0 spiro atoms. The highest BCUT2D eigenvalue weighted by atomic mass is 32.1. The van der Waals surface area contributed by atoms with Crippen LogP contribution in [0.2, 0.25) is 0 Å². The Kier molecular flexibility index (Phi) is 2.05. The van der Waals surface area contributed by atoms with Crippen molar-refractivity contribution in [1.29, 1.82) is 0 Å². The Labute approximate surface area is 67.8 Å². The maximum atomic E-state index is 10.6. The van der Waals surface area contributed by atoms with Gasteiger partial charge in [0.1, 0.15) is 0 Å². The molecule has 0 bridgehead atoms. The summed E-state index contributed by atoms with van der Waals surface area (Å²) in [7, 11) is 0. The lowest BCUT2D eigenvalue weighted by Gasteiger charge is -1.84. The summed E-state index contributed by atoms with van der Waals surface area (Å²) in [5.41, 5.74) is 4.97. The highest BCUT2D eigenvalue weighted by Crippen LogP contribution is 2.15. The van der Waals surface area contributed by atoms with Crippen molar-refractivity contribution in [2.75, 3.05) is 0 Å². The van der Waals surface area contributed by atoms with Gasteiger partial charge in [-0.2, -0.15) is 0 Å². The molecule has 0 aliphatic rings. The molecule has 0 saturated heterocycles. The second-order valence-corrected chi connectivity index (χ2v) is 3.04. The summed E-state index contributed by atoms with van der Waals surface area (Å²) >= 11 is 1.06. The third kappa shape index (κ3) is 1.65. The van der Waals surface area contributed by atoms with Crippen molar-refractivity contribution in [3.63, 3.8) is 0 Å². The summed E-state index contributed by atoms with van der Waals surface area (Å²) in [6, 6.07) is 3.06. The van der Waals surface area contributed by atoms with Gasteiger partial charge in [0.25, 0.3) is 5.91 Å². The van der Waals surface area contributed by atoms with Gasteiger partial charge >= 0.3 is 0 Å². The second-order valence-electron chi connectivity index (χ2n) is 1.95. The quantitative estimate of drug-likeness (QED) is 0.666. The van der Waals surface area contributed by atoms with E-state index in [0.717, 1.165) is 11.3 Å². The molecule has 0 atom stereocenters. The number of primary amides is 1. The molecule has 2 N–H and O–H groups in total. The van der Waals surface area contributed by atoms with E-state index in [2.05, 4.69) is 6.92 Å². The zero-order valence-electron chi connectivity index (χ0n) is 5.66. The molecule has 57 valence electrons. The van der Waals surface area contributed by atoms with E-state index >= 15 is 0 Å². The molecule has 0 aliphatic heterocycles. The fourth-order valence-corrected chi connectivity index (χ4v) is 1.34. The average Bonchev–Trinajstić information content (AvgIpc) is 2.33. The van der Waals surface area contributed by atoms with E-state index in [4.69, 9.17) is 5.73 Å². The molecule has 0 aliphatic carbocycles. The average molecular weight is 168 g/mol. The summed E-state index contributed by atoms with van der Waals surface area (Å²) in [6.07, 6.45) is 0. The minimum Gasteiger partial charge on any atom is -0.365 e. The fourth-order valence-electron chi connectivity index (χ4n) is 0.620. The summed E-state index contributed by atoms with van der Waals surface area (Å²) in [6.45, 7) is 3.20. The smallest absolute Gasteiger partial charge is 0.258 e. The number of thiophene rings is 1. The Balaban J connectivity index is 2.99. The van der Waals surface area contributed by atoms with Crippen LogP contribution in [0.4, 0.5) is 0 Å². The lowest BCUT2D eigenvalue weighted by molar-refractivity contribution is 0.100. The van der Waals surface area contributed by atoms with Crippen molar-refractivity contribution >= 4 is 23.0 Å². The molecule has 1 radical (unpaired) electrons. The topological polar surface area (TPSA) is 60.2 Å². The molecule has 0 unspecified atom stereocenters. The summed E-state index contributed by atoms with van der Waals surface area (Å²) in [5, 5.41) is 0. The number of carbonyl (C=O) groups is 2. The number of Topliss-reactive ketones (excluding diaryl/α,β-unsaturated/α-hetero) is 1. The van der Waals surface area contributed by atoms with Gasteiger partial charge in [-0.3, -0.25) is 9.59 Å². The minimum absolute atomic E-state index is 0.289. The molecule has 0 saturated carbocycles. The van der Waals surface area contributed by atoms with Crippen LogP contribution in [0.3, 0.4) is 0 Å². The number of amides is 1. The molecule has 1 aromatic rings. The van der Waals surface area contributed by atoms with Crippen LogP contribution in [0.15, 0.2) is 12.1 Å². The first kappa shape index (κ1) is 7.94. The number of rotatable bonds is 2. The van der Waals surface area contributed by atoms with Crippen LogP contribution >= 0.6 is 11.3 Å². The number of ketones is 1. The standard InChI is InChI=1S/C7H6NO2S/c1-4(9)5-2-3-6(11-5)7(8)10/h2-3H,1H2,(H2,8,10). The third-order valence-corrected chi connectivity index (χ3v) is 2.26. The molecule has 3 nitrogen and oxygen atoms in total. The molecule has 4 heteroatoms. The predicted molar refractivity (Wildman–Crippen MR) is 42.5 cm³/mol. The summed E-state index contributed by atoms with van der Waals surface area (Å²) in [4.78, 5) is 22.0. The normalized spacial score (nSPS) is 9.55. The van der Waals surface area contributed by atoms with Crippen LogP contribution in [-0.4, -0.2) is 11.7 Å². The van der Waals surface area contributed by atoms with Crippen molar-refractivity contribution < 1.29 is 9.59 Å². The van der Waals surface area contributed by atoms with Gasteiger partial charge < -0.3 is 5.73 Å². The summed E-state index contributed by atoms with van der Waals surface area (Å²) < 4.78 is 0. The van der Waals surface area contributed by atoms with Crippen molar-refractivity contribution in [3.05, 3.63) is 28.8 Å². The Hall–Kier alpha value is -1.16. The Morgan fingerprint density at radius 2 is 1.91 bits per heavy atom. The van der Waals surface area contributed by atoms with Gasteiger partial charge in [0.15, 0.2) is 5.78 Å². The van der Waals surface area contributed by atoms with E-state index in [-0.39, 0.29) is 5.78 Å². The molecular formula is C7H6NO2S. The van der Waals surface area contributed by atoms with Gasteiger partial charge in [0.05, 0.1) is 9.75 Å². The number of hydrogen-bond donors (Lipinski definition) is 1. The van der Waals surface area contributed by atoms with Crippen LogP contribution in [0, 0.1) is 6.92 Å². The third-order valence-electron chi connectivity index (χ3n) is 1.12. The summed E-state index contributed by atoms with van der Waals surface area (Å²) in [5.74, 6) is -0.801. The van der Waals surface area contributed by atoms with Gasteiger partial charge in [-0.15, -0.1) is 11.3 Å². The fraction of sp³-hybridized carbons (Fsp3) is 0. The zero-order chi connectivity index (χ0) is 8.43. The Bertz CT molecular complexity index is 275. The van der Waals surface area contributed by atoms with Gasteiger partial charge in [-0.25, -0.2) is 0 Å². The first-order valence-corrected chi connectivity index (χ1v) is 3.69. The van der Waals surface area contributed by atoms with Gasteiger partial charge in [-0.1, -0.05) is 0 Å². The number of hydrogen-bond acceptors (Lipinski definition) is 3. The molecular weight excluding hydrogens is 162 g/mol. The van der Waals surface area contributed by atoms with Gasteiger partial charge in [0, 0.05) is 6.92 Å². The van der Waals surface area contributed by atoms with Crippen molar-refractivity contribution in [1.82, 2.24) is 0 Å². The molecule has 1 aromatic heterocycles. The maximum absolute atomic E-state index is 10.6. The Morgan fingerprint density at radius 3 is 2.18 bits per heavy atom. The first-order chi connectivity index (χ1) is 5.11. The second kappa shape index (κ2) is 2.84. The largest absolute Gasteiger partial charge is 0.365 e. The first-order valence-electron chi connectivity index (χ1n) is 2.87. The van der Waals surface area contributed by atoms with Crippen LogP contribution < -0.4 is 5.73 Å². The van der Waals surface area contributed by atoms with Gasteiger partial charge in [-0.05, 0) is 12.1 Å². The molecule has 11 heavy (non-hydrogen) atoms. The molecule has 0 fully saturated rings. The van der Waals surface area contributed by atoms with E-state index in [1.807, 2.05) is 0 Å².